The number of nitrogens with two attached hydrogens (primary N) is 1. The molecule has 1 aromatic carbocycles. The molecule has 0 aliphatic heterocycles. The molecular formula is C15H22N2O3. The van der Waals surface area contributed by atoms with E-state index in [1.165, 1.54) is 0 Å². The summed E-state index contributed by atoms with van der Waals surface area (Å²) in [6, 6.07) is 7.52. The summed E-state index contributed by atoms with van der Waals surface area (Å²) in [7, 11) is 3.19. The van der Waals surface area contributed by atoms with Crippen molar-refractivity contribution < 1.29 is 14.2 Å². The topological polar surface area (TPSA) is 77.5 Å². The van der Waals surface area contributed by atoms with Gasteiger partial charge in [-0.15, -0.1) is 0 Å². The molecule has 110 valence electrons. The molecule has 1 aromatic rings. The van der Waals surface area contributed by atoms with Gasteiger partial charge < -0.3 is 19.9 Å². The van der Waals surface area contributed by atoms with Crippen LogP contribution in [-0.4, -0.2) is 26.4 Å². The highest BCUT2D eigenvalue weighted by Gasteiger charge is 2.21. The lowest BCUT2D eigenvalue weighted by molar-refractivity contribution is 0.287. The van der Waals surface area contributed by atoms with Crippen molar-refractivity contribution in [3.8, 4) is 23.3 Å². The van der Waals surface area contributed by atoms with Gasteiger partial charge in [0.2, 0.25) is 0 Å². The molecule has 1 rings (SSSR count). The fraction of sp³-hybridized carbons (Fsp3) is 0.533. The first kappa shape index (κ1) is 16.1. The van der Waals surface area contributed by atoms with E-state index in [1.807, 2.05) is 6.92 Å². The Morgan fingerprint density at radius 2 is 1.70 bits per heavy atom. The monoisotopic (exact) mass is 278 g/mol. The van der Waals surface area contributed by atoms with Gasteiger partial charge in [0.15, 0.2) is 0 Å². The molecule has 0 heterocycles. The van der Waals surface area contributed by atoms with Crippen molar-refractivity contribution in [2.24, 2.45) is 5.73 Å². The maximum absolute atomic E-state index is 8.99. The average molecular weight is 278 g/mol. The molecule has 5 nitrogen and oxygen atoms in total. The normalized spacial score (nSPS) is 13.2. The number of hydrogen-bond acceptors (Lipinski definition) is 5. The second kappa shape index (κ2) is 7.61. The molecule has 1 unspecified atom stereocenters. The van der Waals surface area contributed by atoms with E-state index in [-0.39, 0.29) is 0 Å². The van der Waals surface area contributed by atoms with E-state index >= 15 is 0 Å². The Morgan fingerprint density at radius 3 is 2.15 bits per heavy atom. The van der Waals surface area contributed by atoms with Crippen molar-refractivity contribution in [1.29, 1.82) is 5.26 Å². The van der Waals surface area contributed by atoms with Crippen LogP contribution in [0.4, 0.5) is 0 Å². The fourth-order valence-electron chi connectivity index (χ4n) is 1.75. The summed E-state index contributed by atoms with van der Waals surface area (Å²) in [5, 5.41) is 8.99. The fourth-order valence-corrected chi connectivity index (χ4v) is 1.75. The Balaban J connectivity index is 2.52. The van der Waals surface area contributed by atoms with Gasteiger partial charge in [-0.1, -0.05) is 6.92 Å². The summed E-state index contributed by atoms with van der Waals surface area (Å²) >= 11 is 0. The lowest BCUT2D eigenvalue weighted by Crippen LogP contribution is -2.37. The SMILES string of the molecule is CCC(N)(C#N)CCCOc1cc(OC)cc(OC)c1. The average Bonchev–Trinajstić information content (AvgIpc) is 2.50. The lowest BCUT2D eigenvalue weighted by atomic mass is 9.94. The Bertz CT molecular complexity index is 448. The molecule has 2 N–H and O–H groups in total. The Hall–Kier alpha value is -1.93. The second-order valence-electron chi connectivity index (χ2n) is 4.62. The number of hydrogen-bond donors (Lipinski definition) is 1. The number of nitriles is 1. The quantitative estimate of drug-likeness (QED) is 0.739. The standard InChI is InChI=1S/C15H22N2O3/c1-4-15(17,11-16)6-5-7-20-14-9-12(18-2)8-13(10-14)19-3/h8-10H,4-7,17H2,1-3H3. The Kier molecular flexibility index (Phi) is 6.13. The first-order chi connectivity index (χ1) is 9.56. The van der Waals surface area contributed by atoms with E-state index in [4.69, 9.17) is 25.2 Å². The van der Waals surface area contributed by atoms with E-state index in [2.05, 4.69) is 6.07 Å². The van der Waals surface area contributed by atoms with Crippen LogP contribution in [0.3, 0.4) is 0 Å². The third-order valence-electron chi connectivity index (χ3n) is 3.21. The highest BCUT2D eigenvalue weighted by molar-refractivity contribution is 5.41. The number of nitrogens with zero attached hydrogens (tertiary/aromatic N) is 1. The van der Waals surface area contributed by atoms with Crippen LogP contribution in [0.2, 0.25) is 0 Å². The minimum Gasteiger partial charge on any atom is -0.496 e. The molecule has 0 saturated heterocycles. The van der Waals surface area contributed by atoms with Crippen molar-refractivity contribution in [2.75, 3.05) is 20.8 Å². The highest BCUT2D eigenvalue weighted by Crippen LogP contribution is 2.27. The molecule has 0 aromatic heterocycles. The zero-order chi connectivity index (χ0) is 15.0. The van der Waals surface area contributed by atoms with Gasteiger partial charge in [-0.05, 0) is 19.3 Å². The largest absolute Gasteiger partial charge is 0.496 e. The summed E-state index contributed by atoms with van der Waals surface area (Å²) in [4.78, 5) is 0. The zero-order valence-electron chi connectivity index (χ0n) is 12.3. The molecule has 0 amide bonds. The summed E-state index contributed by atoms with van der Waals surface area (Å²) in [5.41, 5.74) is 5.16. The van der Waals surface area contributed by atoms with Gasteiger partial charge in [0.1, 0.15) is 22.8 Å². The van der Waals surface area contributed by atoms with Crippen LogP contribution in [0.5, 0.6) is 17.2 Å². The van der Waals surface area contributed by atoms with E-state index < -0.39 is 5.54 Å². The number of benzene rings is 1. The predicted molar refractivity (Wildman–Crippen MR) is 77.1 cm³/mol. The van der Waals surface area contributed by atoms with Crippen molar-refractivity contribution in [3.05, 3.63) is 18.2 Å². The molecule has 0 spiro atoms. The number of ether oxygens (including phenoxy) is 3. The molecule has 0 aliphatic carbocycles. The van der Waals surface area contributed by atoms with Crippen LogP contribution in [0, 0.1) is 11.3 Å². The minimum atomic E-state index is -0.755. The summed E-state index contributed by atoms with van der Waals surface area (Å²) in [6.45, 7) is 2.41. The van der Waals surface area contributed by atoms with E-state index in [9.17, 15) is 0 Å². The van der Waals surface area contributed by atoms with Gasteiger partial charge in [-0.25, -0.2) is 0 Å². The van der Waals surface area contributed by atoms with Crippen molar-refractivity contribution in [3.63, 3.8) is 0 Å². The van der Waals surface area contributed by atoms with Crippen molar-refractivity contribution in [2.45, 2.75) is 31.7 Å². The minimum absolute atomic E-state index is 0.497. The van der Waals surface area contributed by atoms with Crippen LogP contribution in [-0.2, 0) is 0 Å². The molecule has 5 heteroatoms. The van der Waals surface area contributed by atoms with Crippen LogP contribution in [0.25, 0.3) is 0 Å². The van der Waals surface area contributed by atoms with E-state index in [1.54, 1.807) is 32.4 Å². The maximum atomic E-state index is 8.99. The second-order valence-corrected chi connectivity index (χ2v) is 4.62. The summed E-state index contributed by atoms with van der Waals surface area (Å²) in [5.74, 6) is 2.04. The van der Waals surface area contributed by atoms with Crippen LogP contribution in [0.15, 0.2) is 18.2 Å². The van der Waals surface area contributed by atoms with E-state index in [0.717, 1.165) is 6.42 Å². The molecule has 1 atom stereocenters. The van der Waals surface area contributed by atoms with Gasteiger partial charge in [-0.2, -0.15) is 5.26 Å². The maximum Gasteiger partial charge on any atom is 0.126 e. The zero-order valence-corrected chi connectivity index (χ0v) is 12.3. The first-order valence-corrected chi connectivity index (χ1v) is 6.63. The van der Waals surface area contributed by atoms with Crippen LogP contribution >= 0.6 is 0 Å². The molecule has 0 bridgehead atoms. The number of methoxy groups -OCH3 is 2. The lowest BCUT2D eigenvalue weighted by Gasteiger charge is -2.19. The smallest absolute Gasteiger partial charge is 0.126 e. The van der Waals surface area contributed by atoms with Crippen molar-refractivity contribution >= 4 is 0 Å². The molecule has 0 saturated carbocycles. The molecule has 0 fully saturated rings. The summed E-state index contributed by atoms with van der Waals surface area (Å²) < 4.78 is 16.0. The van der Waals surface area contributed by atoms with Crippen molar-refractivity contribution in [1.82, 2.24) is 0 Å². The van der Waals surface area contributed by atoms with E-state index in [0.29, 0.717) is 36.7 Å². The molecule has 20 heavy (non-hydrogen) atoms. The van der Waals surface area contributed by atoms with Gasteiger partial charge in [0.25, 0.3) is 0 Å². The predicted octanol–water partition coefficient (Wildman–Crippen LogP) is 2.49. The summed E-state index contributed by atoms with van der Waals surface area (Å²) in [6.07, 6.45) is 1.97. The van der Waals surface area contributed by atoms with Crippen LogP contribution in [0.1, 0.15) is 26.2 Å². The first-order valence-electron chi connectivity index (χ1n) is 6.63. The Labute approximate surface area is 120 Å². The molecule has 0 radical (unpaired) electrons. The Morgan fingerprint density at radius 1 is 1.15 bits per heavy atom. The number of rotatable bonds is 8. The van der Waals surface area contributed by atoms with Crippen LogP contribution < -0.4 is 19.9 Å². The third kappa shape index (κ3) is 4.63. The van der Waals surface area contributed by atoms with Gasteiger partial charge in [0, 0.05) is 18.2 Å². The molecule has 0 aliphatic rings. The van der Waals surface area contributed by atoms with Gasteiger partial charge >= 0.3 is 0 Å². The molecular weight excluding hydrogens is 256 g/mol. The highest BCUT2D eigenvalue weighted by atomic mass is 16.5. The van der Waals surface area contributed by atoms with Gasteiger partial charge in [-0.3, -0.25) is 0 Å². The van der Waals surface area contributed by atoms with Gasteiger partial charge in [0.05, 0.1) is 26.9 Å². The third-order valence-corrected chi connectivity index (χ3v) is 3.21.